The molecule has 0 bridgehead atoms. The first-order valence-electron chi connectivity index (χ1n) is 6.29. The second kappa shape index (κ2) is 3.93. The molecule has 1 aliphatic carbocycles. The smallest absolute Gasteiger partial charge is 0.116 e. The predicted octanol–water partition coefficient (Wildman–Crippen LogP) is 3.69. The van der Waals surface area contributed by atoms with Gasteiger partial charge in [0.05, 0.1) is 11.7 Å². The molecule has 3 rings (SSSR count). The molecular weight excluding hydrogens is 196 g/mol. The standard InChI is InChI=1S/C14H18N2/c1-11-6-5-9-13-10-15-14(16(11)13)12-7-3-2-4-8-12/h5-6,9-10,12H,2-4,7-8H2,1H3. The minimum absolute atomic E-state index is 0.678. The van der Waals surface area contributed by atoms with Crippen molar-refractivity contribution in [2.75, 3.05) is 0 Å². The van der Waals surface area contributed by atoms with Crippen LogP contribution in [0.15, 0.2) is 24.4 Å². The lowest BCUT2D eigenvalue weighted by atomic mass is 9.89. The first-order chi connectivity index (χ1) is 7.86. The monoisotopic (exact) mass is 214 g/mol. The van der Waals surface area contributed by atoms with Crippen LogP contribution in [0.3, 0.4) is 0 Å². The molecule has 1 aliphatic rings. The van der Waals surface area contributed by atoms with Crippen LogP contribution in [0.5, 0.6) is 0 Å². The van der Waals surface area contributed by atoms with E-state index in [1.807, 2.05) is 6.20 Å². The molecule has 0 saturated heterocycles. The molecule has 0 radical (unpaired) electrons. The van der Waals surface area contributed by atoms with Crippen molar-refractivity contribution >= 4 is 5.52 Å². The minimum Gasteiger partial charge on any atom is -0.301 e. The van der Waals surface area contributed by atoms with Gasteiger partial charge in [-0.05, 0) is 31.9 Å². The average Bonchev–Trinajstić information content (AvgIpc) is 2.75. The summed E-state index contributed by atoms with van der Waals surface area (Å²) >= 11 is 0. The maximum atomic E-state index is 4.64. The maximum Gasteiger partial charge on any atom is 0.116 e. The summed E-state index contributed by atoms with van der Waals surface area (Å²) in [4.78, 5) is 4.64. The molecule has 1 fully saturated rings. The van der Waals surface area contributed by atoms with Crippen LogP contribution in [0.25, 0.3) is 5.52 Å². The predicted molar refractivity (Wildman–Crippen MR) is 65.8 cm³/mol. The first-order valence-corrected chi connectivity index (χ1v) is 6.29. The normalized spacial score (nSPS) is 18.1. The minimum atomic E-state index is 0.678. The molecule has 2 aromatic rings. The number of hydrogen-bond donors (Lipinski definition) is 0. The molecule has 0 N–H and O–H groups in total. The molecule has 16 heavy (non-hydrogen) atoms. The Morgan fingerprint density at radius 3 is 2.81 bits per heavy atom. The van der Waals surface area contributed by atoms with Crippen molar-refractivity contribution in [3.63, 3.8) is 0 Å². The van der Waals surface area contributed by atoms with Gasteiger partial charge in [-0.15, -0.1) is 0 Å². The van der Waals surface area contributed by atoms with E-state index >= 15 is 0 Å². The topological polar surface area (TPSA) is 17.3 Å². The van der Waals surface area contributed by atoms with Crippen molar-refractivity contribution in [1.29, 1.82) is 0 Å². The largest absolute Gasteiger partial charge is 0.301 e. The molecule has 2 heterocycles. The first kappa shape index (κ1) is 9.88. The Morgan fingerprint density at radius 2 is 2.00 bits per heavy atom. The summed E-state index contributed by atoms with van der Waals surface area (Å²) in [7, 11) is 0. The van der Waals surface area contributed by atoms with E-state index in [-0.39, 0.29) is 0 Å². The molecule has 0 aliphatic heterocycles. The fraction of sp³-hybridized carbons (Fsp3) is 0.500. The lowest BCUT2D eigenvalue weighted by Crippen LogP contribution is -2.09. The third-order valence-corrected chi connectivity index (χ3v) is 3.74. The Bertz CT molecular complexity index is 492. The lowest BCUT2D eigenvalue weighted by molar-refractivity contribution is 0.427. The van der Waals surface area contributed by atoms with E-state index in [2.05, 4.69) is 34.5 Å². The highest BCUT2D eigenvalue weighted by Crippen LogP contribution is 2.32. The van der Waals surface area contributed by atoms with E-state index in [1.54, 1.807) is 0 Å². The van der Waals surface area contributed by atoms with E-state index in [9.17, 15) is 0 Å². The molecule has 0 amide bonds. The van der Waals surface area contributed by atoms with Crippen LogP contribution < -0.4 is 0 Å². The Labute approximate surface area is 96.3 Å². The third kappa shape index (κ3) is 1.53. The molecule has 0 atom stereocenters. The number of aryl methyl sites for hydroxylation is 1. The van der Waals surface area contributed by atoms with Crippen molar-refractivity contribution in [3.05, 3.63) is 35.9 Å². The van der Waals surface area contributed by atoms with Crippen LogP contribution in [0.4, 0.5) is 0 Å². The van der Waals surface area contributed by atoms with Crippen LogP contribution in [0, 0.1) is 6.92 Å². The quantitative estimate of drug-likeness (QED) is 0.707. The average molecular weight is 214 g/mol. The Balaban J connectivity index is 2.09. The summed E-state index contributed by atoms with van der Waals surface area (Å²) in [5, 5.41) is 0. The molecular formula is C14H18N2. The Morgan fingerprint density at radius 1 is 1.19 bits per heavy atom. The van der Waals surface area contributed by atoms with Crippen LogP contribution in [-0.4, -0.2) is 9.38 Å². The third-order valence-electron chi connectivity index (χ3n) is 3.74. The van der Waals surface area contributed by atoms with Gasteiger partial charge in [0.2, 0.25) is 0 Å². The summed E-state index contributed by atoms with van der Waals surface area (Å²) in [6.45, 7) is 2.17. The van der Waals surface area contributed by atoms with Gasteiger partial charge in [0, 0.05) is 11.6 Å². The number of pyridine rings is 1. The summed E-state index contributed by atoms with van der Waals surface area (Å²) in [6.07, 6.45) is 8.77. The van der Waals surface area contributed by atoms with Gasteiger partial charge >= 0.3 is 0 Å². The molecule has 0 aromatic carbocycles. The second-order valence-corrected chi connectivity index (χ2v) is 4.88. The number of imidazole rings is 1. The fourth-order valence-electron chi connectivity index (χ4n) is 2.89. The van der Waals surface area contributed by atoms with Gasteiger partial charge in [-0.1, -0.05) is 25.3 Å². The van der Waals surface area contributed by atoms with E-state index < -0.39 is 0 Å². The van der Waals surface area contributed by atoms with Crippen molar-refractivity contribution < 1.29 is 0 Å². The molecule has 1 saturated carbocycles. The number of nitrogens with zero attached hydrogens (tertiary/aromatic N) is 2. The van der Waals surface area contributed by atoms with E-state index in [0.29, 0.717) is 5.92 Å². The van der Waals surface area contributed by atoms with Gasteiger partial charge in [-0.2, -0.15) is 0 Å². The lowest BCUT2D eigenvalue weighted by Gasteiger charge is -2.21. The van der Waals surface area contributed by atoms with Gasteiger partial charge in [0.25, 0.3) is 0 Å². The van der Waals surface area contributed by atoms with Crippen molar-refractivity contribution in [2.24, 2.45) is 0 Å². The van der Waals surface area contributed by atoms with Gasteiger partial charge < -0.3 is 4.40 Å². The molecule has 2 heteroatoms. The van der Waals surface area contributed by atoms with Gasteiger partial charge in [-0.3, -0.25) is 0 Å². The highest BCUT2D eigenvalue weighted by Gasteiger charge is 2.20. The fourth-order valence-corrected chi connectivity index (χ4v) is 2.89. The molecule has 2 aromatic heterocycles. The Hall–Kier alpha value is -1.31. The summed E-state index contributed by atoms with van der Waals surface area (Å²) < 4.78 is 2.33. The molecule has 0 unspecified atom stereocenters. The number of rotatable bonds is 1. The Kier molecular flexibility index (Phi) is 2.43. The number of hydrogen-bond acceptors (Lipinski definition) is 1. The van der Waals surface area contributed by atoms with Crippen LogP contribution >= 0.6 is 0 Å². The molecule has 0 spiro atoms. The van der Waals surface area contributed by atoms with E-state index in [4.69, 9.17) is 0 Å². The highest BCUT2D eigenvalue weighted by atomic mass is 15.0. The van der Waals surface area contributed by atoms with Crippen molar-refractivity contribution in [2.45, 2.75) is 44.9 Å². The summed E-state index contributed by atoms with van der Waals surface area (Å²) in [6, 6.07) is 6.42. The highest BCUT2D eigenvalue weighted by molar-refractivity contribution is 5.47. The number of fused-ring (bicyclic) bond motifs is 1. The molecule has 2 nitrogen and oxygen atoms in total. The van der Waals surface area contributed by atoms with Gasteiger partial charge in [0.1, 0.15) is 5.82 Å². The molecule has 84 valence electrons. The zero-order chi connectivity index (χ0) is 11.0. The van der Waals surface area contributed by atoms with Crippen LogP contribution in [0.2, 0.25) is 0 Å². The van der Waals surface area contributed by atoms with Crippen molar-refractivity contribution in [1.82, 2.24) is 9.38 Å². The zero-order valence-electron chi connectivity index (χ0n) is 9.82. The zero-order valence-corrected chi connectivity index (χ0v) is 9.82. The summed E-state index contributed by atoms with van der Waals surface area (Å²) in [5.74, 6) is 1.96. The van der Waals surface area contributed by atoms with Crippen molar-refractivity contribution in [3.8, 4) is 0 Å². The van der Waals surface area contributed by atoms with E-state index in [1.165, 1.54) is 49.1 Å². The van der Waals surface area contributed by atoms with Crippen LogP contribution in [-0.2, 0) is 0 Å². The van der Waals surface area contributed by atoms with Gasteiger partial charge in [-0.25, -0.2) is 4.98 Å². The maximum absolute atomic E-state index is 4.64. The summed E-state index contributed by atoms with van der Waals surface area (Å²) in [5.41, 5.74) is 2.54. The van der Waals surface area contributed by atoms with Gasteiger partial charge in [0.15, 0.2) is 0 Å². The number of aromatic nitrogens is 2. The van der Waals surface area contributed by atoms with E-state index in [0.717, 1.165) is 0 Å². The second-order valence-electron chi connectivity index (χ2n) is 4.88. The SMILES string of the molecule is Cc1cccc2cnc(C3CCCCC3)n12. The van der Waals surface area contributed by atoms with Crippen LogP contribution in [0.1, 0.15) is 49.5 Å².